The van der Waals surface area contributed by atoms with Crippen LogP contribution in [0.3, 0.4) is 0 Å². The molecule has 7 aromatic rings. The molecule has 0 atom stereocenters. The Kier molecular flexibility index (Phi) is 32.9. The summed E-state index contributed by atoms with van der Waals surface area (Å²) in [4.78, 5) is 91.8. The molecule has 7 rings (SSSR count). The molecule has 4 radical (unpaired) electrons. The van der Waals surface area contributed by atoms with Gasteiger partial charge in [-0.3, -0.25) is 4.79 Å². The van der Waals surface area contributed by atoms with Crippen molar-refractivity contribution in [1.29, 1.82) is 0 Å². The summed E-state index contributed by atoms with van der Waals surface area (Å²) in [6, 6.07) is 21.1. The molecule has 68 heavy (non-hydrogen) atoms. The van der Waals surface area contributed by atoms with Crippen molar-refractivity contribution < 1.29 is 164 Å². The number of aryl methyl sites for hydroxylation is 1. The van der Waals surface area contributed by atoms with Gasteiger partial charge in [-0.1, -0.05) is 78.4 Å². The van der Waals surface area contributed by atoms with Crippen molar-refractivity contribution in [2.24, 2.45) is 0 Å². The predicted molar refractivity (Wildman–Crippen MR) is 236 cm³/mol. The number of H-pyrrole nitrogens is 2. The second-order valence-corrected chi connectivity index (χ2v) is 12.7. The van der Waals surface area contributed by atoms with E-state index >= 15 is 0 Å². The van der Waals surface area contributed by atoms with E-state index in [0.717, 1.165) is 11.1 Å². The predicted octanol–water partition coefficient (Wildman–Crippen LogP) is 4.62. The van der Waals surface area contributed by atoms with E-state index in [-0.39, 0.29) is 178 Å². The van der Waals surface area contributed by atoms with Crippen molar-refractivity contribution in [2.75, 3.05) is 30.9 Å². The van der Waals surface area contributed by atoms with E-state index in [1.165, 1.54) is 24.8 Å². The van der Waals surface area contributed by atoms with Crippen molar-refractivity contribution in [3.05, 3.63) is 177 Å². The van der Waals surface area contributed by atoms with Crippen molar-refractivity contribution in [1.82, 2.24) is 35.2 Å². The quantitative estimate of drug-likeness (QED) is 0.0296. The van der Waals surface area contributed by atoms with Crippen LogP contribution in [0, 0.1) is 31.7 Å². The van der Waals surface area contributed by atoms with Crippen molar-refractivity contribution >= 4 is 57.3 Å². The second-order valence-electron chi connectivity index (χ2n) is 12.7. The van der Waals surface area contributed by atoms with Gasteiger partial charge in [-0.15, -0.1) is 24.3 Å². The summed E-state index contributed by atoms with van der Waals surface area (Å²) in [5.41, 5.74) is 9.22. The fourth-order valence-electron chi connectivity index (χ4n) is 5.01. The summed E-state index contributed by atoms with van der Waals surface area (Å²) in [6.45, 7) is 7.95. The van der Waals surface area contributed by atoms with Crippen LogP contribution in [0.2, 0.25) is 0 Å². The van der Waals surface area contributed by atoms with Crippen LogP contribution < -0.4 is 27.2 Å². The van der Waals surface area contributed by atoms with Crippen LogP contribution in [-0.2, 0) is 161 Å². The number of hydrogen-bond donors (Lipinski definition) is 5. The molecule has 0 unspecified atom stereocenters. The number of nitrogen functional groups attached to an aromatic ring is 1. The van der Waals surface area contributed by atoms with E-state index < -0.39 is 34.7 Å². The number of aromatic amines is 2. The number of nitrogens with two attached hydrogens (primary N) is 1. The van der Waals surface area contributed by atoms with Crippen LogP contribution in [0.25, 0.3) is 22.1 Å². The normalized spacial score (nSPS) is 9.35. The first-order chi connectivity index (χ1) is 31.0. The summed E-state index contributed by atoms with van der Waals surface area (Å²) in [7, 11) is 0. The van der Waals surface area contributed by atoms with Crippen molar-refractivity contribution in [3.8, 4) is 0 Å². The SMILES string of the molecule is CCOC(=O)C(=CNc1cc[c-]nc1)C(=O)OCC.CCOC(=O)c1c[nH]c2cc[c-]nc2c1=O.Cc1ccc(CNC(=O)c2c[nH]c3cc[c-]nc3c2=O)cc1.Nc1cc[c-]nc1.[Y].[Y].[Y].[Y]. The number of ether oxygens (including phenoxy) is 3. The third-order valence-electron chi connectivity index (χ3n) is 8.12. The molecule has 342 valence electrons. The molecular formula is C46H43N9O9Y4-4. The van der Waals surface area contributed by atoms with Gasteiger partial charge in [0.25, 0.3) is 5.91 Å². The van der Waals surface area contributed by atoms with Crippen LogP contribution >= 0.6 is 0 Å². The van der Waals surface area contributed by atoms with E-state index in [1.807, 2.05) is 31.2 Å². The van der Waals surface area contributed by atoms with Crippen molar-refractivity contribution in [3.63, 3.8) is 0 Å². The summed E-state index contributed by atoms with van der Waals surface area (Å²) in [5, 5.41) is 5.52. The Morgan fingerprint density at radius 3 is 1.63 bits per heavy atom. The maximum Gasteiger partial charge on any atom is 0.347 e. The molecule has 0 aliphatic rings. The number of hydrogen-bond acceptors (Lipinski definition) is 15. The Morgan fingerprint density at radius 1 is 0.662 bits per heavy atom. The minimum atomic E-state index is -0.732. The number of carbonyl (C=O) groups excluding carboxylic acids is 4. The molecule has 6 heterocycles. The largest absolute Gasteiger partial charge is 0.462 e. The first-order valence-electron chi connectivity index (χ1n) is 19.5. The van der Waals surface area contributed by atoms with Crippen molar-refractivity contribution in [2.45, 2.75) is 34.2 Å². The third-order valence-corrected chi connectivity index (χ3v) is 8.12. The molecule has 18 nitrogen and oxygen atoms in total. The second kappa shape index (κ2) is 35.0. The first-order valence-corrected chi connectivity index (χ1v) is 19.5. The molecule has 0 aliphatic heterocycles. The monoisotopic (exact) mass is 1220 g/mol. The Morgan fingerprint density at radius 2 is 1.16 bits per heavy atom. The van der Waals surface area contributed by atoms with Gasteiger partial charge in [0.1, 0.15) is 5.56 Å². The maximum absolute atomic E-state index is 12.3. The fourth-order valence-corrected chi connectivity index (χ4v) is 5.01. The topological polar surface area (TPSA) is 263 Å². The zero-order chi connectivity index (χ0) is 46.3. The number of aromatic nitrogens is 6. The number of nitrogens with one attached hydrogen (secondary N) is 4. The van der Waals surface area contributed by atoms with Crippen LogP contribution in [0.4, 0.5) is 11.4 Å². The average molecular weight is 1220 g/mol. The fraction of sp³-hybridized carbons (Fsp3) is 0.174. The molecule has 1 amide bonds. The van der Waals surface area contributed by atoms with Gasteiger partial charge >= 0.3 is 17.9 Å². The van der Waals surface area contributed by atoms with E-state index in [4.69, 9.17) is 19.9 Å². The number of benzene rings is 1. The average Bonchev–Trinajstić information content (AvgIpc) is 3.31. The molecule has 0 saturated carbocycles. The number of carbonyl (C=O) groups is 4. The molecular weight excluding hydrogens is 1180 g/mol. The van der Waals surface area contributed by atoms with Crippen LogP contribution in [-0.4, -0.2) is 73.5 Å². The van der Waals surface area contributed by atoms with Gasteiger partial charge in [0.2, 0.25) is 0 Å². The zero-order valence-electron chi connectivity index (χ0n) is 37.5. The Labute approximate surface area is 492 Å². The summed E-state index contributed by atoms with van der Waals surface area (Å²) in [5.74, 6) is -2.53. The Hall–Kier alpha value is -4.12. The molecule has 0 fully saturated rings. The van der Waals surface area contributed by atoms with Gasteiger partial charge in [0, 0.05) is 167 Å². The van der Waals surface area contributed by atoms with E-state index in [0.29, 0.717) is 29.0 Å². The van der Waals surface area contributed by atoms with E-state index in [2.05, 4.69) is 65.3 Å². The maximum atomic E-state index is 12.3. The van der Waals surface area contributed by atoms with Gasteiger partial charge in [-0.2, -0.15) is 24.3 Å². The third kappa shape index (κ3) is 20.8. The number of nitrogens with zero attached hydrogens (tertiary/aromatic N) is 4. The minimum Gasteiger partial charge on any atom is -0.462 e. The van der Waals surface area contributed by atoms with Gasteiger partial charge < -0.3 is 70.1 Å². The molecule has 0 saturated heterocycles. The van der Waals surface area contributed by atoms with Crippen LogP contribution in [0.15, 0.2) is 119 Å². The van der Waals surface area contributed by atoms with E-state index in [9.17, 15) is 28.8 Å². The standard InChI is InChI=1S/C17H14N3O2.C13H15N2O4.C11H9N2O3.C5H5N2.4Y/c1-11-4-6-12(7-5-11)9-20-17(22)13-10-19-14-3-2-8-18-15(14)16(13)21;1-3-18-12(16)11(13(17)19-4-2)9-15-10-6-5-7-14-8-10;1-2-16-11(15)7-6-13-8-4-3-5-12-9(8)10(7)14;6-5-2-1-3-7-4-5;;;;/h2-7,10H,9H2,1H3,(H,19,21)(H,20,22);5-6,8-9,15H,3-4H2,1-2H3;3-4,6H,2H2,1H3,(H,13,14);1-2,4H,6H2;;;;/q4*-1;;;;. The van der Waals surface area contributed by atoms with Gasteiger partial charge in [-0.25, -0.2) is 14.4 Å². The number of anilines is 2. The summed E-state index contributed by atoms with van der Waals surface area (Å²) >= 11 is 0. The van der Waals surface area contributed by atoms with Crippen LogP contribution in [0.1, 0.15) is 52.6 Å². The van der Waals surface area contributed by atoms with Gasteiger partial charge in [0.05, 0.1) is 25.4 Å². The Bertz CT molecular complexity index is 2780. The van der Waals surface area contributed by atoms with Gasteiger partial charge in [-0.05, 0) is 44.3 Å². The Balaban J connectivity index is 0.000000905. The summed E-state index contributed by atoms with van der Waals surface area (Å²) in [6.07, 6.45) is 17.4. The molecule has 0 aliphatic carbocycles. The van der Waals surface area contributed by atoms with Crippen LogP contribution in [0.5, 0.6) is 0 Å². The number of pyridine rings is 6. The number of fused-ring (bicyclic) bond motifs is 2. The number of esters is 3. The van der Waals surface area contributed by atoms with E-state index in [1.54, 1.807) is 75.5 Å². The first kappa shape index (κ1) is 63.9. The molecule has 6 aromatic heterocycles. The smallest absolute Gasteiger partial charge is 0.347 e. The number of amides is 1. The number of rotatable bonds is 11. The van der Waals surface area contributed by atoms with Gasteiger partial charge in [0.15, 0.2) is 16.4 Å². The zero-order valence-corrected chi connectivity index (χ0v) is 48.8. The summed E-state index contributed by atoms with van der Waals surface area (Å²) < 4.78 is 14.3. The minimum absolute atomic E-state index is 0. The molecule has 22 heteroatoms. The molecule has 0 spiro atoms. The molecule has 0 bridgehead atoms. The molecule has 6 N–H and O–H groups in total. The molecule has 1 aromatic carbocycles.